The van der Waals surface area contributed by atoms with E-state index in [1.54, 1.807) is 11.0 Å². The first-order chi connectivity index (χ1) is 13.7. The molecule has 8 nitrogen and oxygen atoms in total. The van der Waals surface area contributed by atoms with Crippen molar-refractivity contribution in [1.29, 1.82) is 5.26 Å². The quantitative estimate of drug-likeness (QED) is 0.769. The largest absolute Gasteiger partial charge is 0.444 e. The summed E-state index contributed by atoms with van der Waals surface area (Å²) in [5, 5.41) is 12.8. The summed E-state index contributed by atoms with van der Waals surface area (Å²) in [6, 6.07) is 5.80. The van der Waals surface area contributed by atoms with Crippen molar-refractivity contribution in [2.24, 2.45) is 0 Å². The summed E-state index contributed by atoms with van der Waals surface area (Å²) in [6.07, 6.45) is 1.04. The molecule has 1 aromatic heterocycles. The Morgan fingerprint density at radius 3 is 2.76 bits per heavy atom. The molecular formula is C20H23FN4O4. The van der Waals surface area contributed by atoms with Gasteiger partial charge in [0.25, 0.3) is 5.89 Å². The number of likely N-dealkylation sites (tertiary alicyclic amines) is 1. The topological polar surface area (TPSA) is 101 Å². The molecule has 1 amide bonds. The lowest BCUT2D eigenvalue weighted by molar-refractivity contribution is -0.0190. The van der Waals surface area contributed by atoms with Crippen molar-refractivity contribution in [1.82, 2.24) is 15.0 Å². The average Bonchev–Trinajstić information content (AvgIpc) is 3.15. The zero-order valence-electron chi connectivity index (χ0n) is 16.6. The molecule has 3 rings (SSSR count). The molecule has 29 heavy (non-hydrogen) atoms. The predicted molar refractivity (Wildman–Crippen MR) is 100 cm³/mol. The zero-order chi connectivity index (χ0) is 21.0. The maximum Gasteiger partial charge on any atom is 0.410 e. The number of ether oxygens (including phenoxy) is 2. The highest BCUT2D eigenvalue weighted by Gasteiger charge is 2.27. The van der Waals surface area contributed by atoms with E-state index in [0.29, 0.717) is 37.3 Å². The molecule has 1 aliphatic heterocycles. The van der Waals surface area contributed by atoms with Gasteiger partial charge in [0.15, 0.2) is 5.82 Å². The molecule has 0 radical (unpaired) electrons. The number of hydrogen-bond donors (Lipinski definition) is 0. The van der Waals surface area contributed by atoms with E-state index in [1.807, 2.05) is 20.8 Å². The van der Waals surface area contributed by atoms with E-state index < -0.39 is 11.4 Å². The number of benzene rings is 1. The van der Waals surface area contributed by atoms with Crippen LogP contribution < -0.4 is 0 Å². The van der Waals surface area contributed by atoms with Gasteiger partial charge in [0, 0.05) is 18.7 Å². The third kappa shape index (κ3) is 5.51. The molecule has 154 valence electrons. The van der Waals surface area contributed by atoms with Crippen LogP contribution in [-0.2, 0) is 16.1 Å². The van der Waals surface area contributed by atoms with Gasteiger partial charge in [-0.3, -0.25) is 0 Å². The highest BCUT2D eigenvalue weighted by Crippen LogP contribution is 2.22. The summed E-state index contributed by atoms with van der Waals surface area (Å²) in [5.41, 5.74) is -0.137. The van der Waals surface area contributed by atoms with Crippen LogP contribution in [0.2, 0.25) is 0 Å². The zero-order valence-corrected chi connectivity index (χ0v) is 16.6. The van der Waals surface area contributed by atoms with Crippen LogP contribution in [0.25, 0.3) is 11.5 Å². The van der Waals surface area contributed by atoms with E-state index in [-0.39, 0.29) is 30.3 Å². The van der Waals surface area contributed by atoms with Crippen LogP contribution in [0.5, 0.6) is 0 Å². The van der Waals surface area contributed by atoms with Gasteiger partial charge in [-0.05, 0) is 51.8 Å². The van der Waals surface area contributed by atoms with Gasteiger partial charge >= 0.3 is 6.09 Å². The van der Waals surface area contributed by atoms with E-state index in [2.05, 4.69) is 10.1 Å². The fourth-order valence-corrected chi connectivity index (χ4v) is 2.90. The molecule has 1 fully saturated rings. The SMILES string of the molecule is CC(C)(C)OC(=O)N1CCC(OCc2noc(-c3ccc(F)c(C#N)c3)n2)CC1. The van der Waals surface area contributed by atoms with E-state index in [9.17, 15) is 9.18 Å². The molecule has 0 spiro atoms. The van der Waals surface area contributed by atoms with Gasteiger partial charge in [-0.2, -0.15) is 10.2 Å². The molecule has 0 N–H and O–H groups in total. The van der Waals surface area contributed by atoms with Gasteiger partial charge in [-0.1, -0.05) is 5.16 Å². The van der Waals surface area contributed by atoms with Gasteiger partial charge in [0.1, 0.15) is 24.1 Å². The number of nitriles is 1. The first-order valence-corrected chi connectivity index (χ1v) is 9.37. The van der Waals surface area contributed by atoms with E-state index in [0.717, 1.165) is 0 Å². The minimum atomic E-state index is -0.600. The van der Waals surface area contributed by atoms with Gasteiger partial charge in [-0.15, -0.1) is 0 Å². The van der Waals surface area contributed by atoms with E-state index in [4.69, 9.17) is 19.3 Å². The summed E-state index contributed by atoms with van der Waals surface area (Å²) in [5.74, 6) is -0.0469. The van der Waals surface area contributed by atoms with Crippen LogP contribution in [0.3, 0.4) is 0 Å². The summed E-state index contributed by atoms with van der Waals surface area (Å²) < 4.78 is 29.8. The molecule has 0 aliphatic carbocycles. The number of piperidine rings is 1. The highest BCUT2D eigenvalue weighted by atomic mass is 19.1. The summed E-state index contributed by atoms with van der Waals surface area (Å²) in [7, 11) is 0. The maximum absolute atomic E-state index is 13.4. The van der Waals surface area contributed by atoms with Crippen LogP contribution in [0, 0.1) is 17.1 Å². The number of carbonyl (C=O) groups excluding carboxylic acids is 1. The Morgan fingerprint density at radius 1 is 1.38 bits per heavy atom. The molecule has 0 saturated carbocycles. The molecule has 2 heterocycles. The van der Waals surface area contributed by atoms with Crippen molar-refractivity contribution < 1.29 is 23.2 Å². The maximum atomic E-state index is 13.4. The average molecular weight is 402 g/mol. The molecule has 1 aliphatic rings. The van der Waals surface area contributed by atoms with Crippen LogP contribution in [0.4, 0.5) is 9.18 Å². The van der Waals surface area contributed by atoms with Crippen molar-refractivity contribution in [2.45, 2.75) is 51.9 Å². The molecule has 9 heteroatoms. The number of halogens is 1. The standard InChI is InChI=1S/C20H23FN4O4/c1-20(2,3)28-19(26)25-8-6-15(7-9-25)27-12-17-23-18(29-24-17)13-4-5-16(21)14(10-13)11-22/h4-5,10,15H,6-9,12H2,1-3H3. The van der Waals surface area contributed by atoms with Crippen molar-refractivity contribution >= 4 is 6.09 Å². The molecule has 2 aromatic rings. The number of rotatable bonds is 4. The first-order valence-electron chi connectivity index (χ1n) is 9.37. The fourth-order valence-electron chi connectivity index (χ4n) is 2.90. The van der Waals surface area contributed by atoms with Crippen molar-refractivity contribution in [3.05, 3.63) is 35.4 Å². The predicted octanol–water partition coefficient (Wildman–Crippen LogP) is 3.66. The van der Waals surface area contributed by atoms with E-state index in [1.165, 1.54) is 18.2 Å². The lowest BCUT2D eigenvalue weighted by Crippen LogP contribution is -2.43. The van der Waals surface area contributed by atoms with Crippen LogP contribution >= 0.6 is 0 Å². The second-order valence-corrected chi connectivity index (χ2v) is 7.80. The Kier molecular flexibility index (Phi) is 6.13. The Balaban J connectivity index is 1.50. The smallest absolute Gasteiger partial charge is 0.410 e. The van der Waals surface area contributed by atoms with Crippen LogP contribution in [0.15, 0.2) is 22.7 Å². The Hall–Kier alpha value is -2.99. The van der Waals surface area contributed by atoms with E-state index >= 15 is 0 Å². The van der Waals surface area contributed by atoms with Crippen LogP contribution in [0.1, 0.15) is 45.0 Å². The highest BCUT2D eigenvalue weighted by molar-refractivity contribution is 5.68. The first kappa shape index (κ1) is 20.7. The van der Waals surface area contributed by atoms with Crippen molar-refractivity contribution in [3.8, 4) is 17.5 Å². The molecular weight excluding hydrogens is 379 g/mol. The van der Waals surface area contributed by atoms with Crippen molar-refractivity contribution in [2.75, 3.05) is 13.1 Å². The minimum absolute atomic E-state index is 0.0216. The Morgan fingerprint density at radius 2 is 2.10 bits per heavy atom. The summed E-state index contributed by atoms with van der Waals surface area (Å²) in [4.78, 5) is 18.0. The Labute approximate surface area is 168 Å². The number of aromatic nitrogens is 2. The lowest BCUT2D eigenvalue weighted by atomic mass is 10.1. The van der Waals surface area contributed by atoms with Gasteiger partial charge in [0.05, 0.1) is 11.7 Å². The molecule has 1 aromatic carbocycles. The Bertz CT molecular complexity index is 908. The lowest BCUT2D eigenvalue weighted by Gasteiger charge is -2.33. The summed E-state index contributed by atoms with van der Waals surface area (Å²) in [6.45, 7) is 6.80. The monoisotopic (exact) mass is 402 g/mol. The second-order valence-electron chi connectivity index (χ2n) is 7.80. The number of carbonyl (C=O) groups is 1. The van der Waals surface area contributed by atoms with Gasteiger partial charge < -0.3 is 18.9 Å². The van der Waals surface area contributed by atoms with Crippen molar-refractivity contribution in [3.63, 3.8) is 0 Å². The third-order valence-corrected chi connectivity index (χ3v) is 4.34. The number of nitrogens with zero attached hydrogens (tertiary/aromatic N) is 4. The fraction of sp³-hybridized carbons (Fsp3) is 0.500. The third-order valence-electron chi connectivity index (χ3n) is 4.34. The number of hydrogen-bond acceptors (Lipinski definition) is 7. The van der Waals surface area contributed by atoms with Crippen LogP contribution in [-0.4, -0.2) is 45.9 Å². The second kappa shape index (κ2) is 8.57. The number of amides is 1. The normalized spacial score (nSPS) is 15.2. The summed E-state index contributed by atoms with van der Waals surface area (Å²) >= 11 is 0. The minimum Gasteiger partial charge on any atom is -0.444 e. The molecule has 1 saturated heterocycles. The molecule has 0 bridgehead atoms. The molecule has 0 atom stereocenters. The van der Waals surface area contributed by atoms with Gasteiger partial charge in [0.2, 0.25) is 0 Å². The molecule has 0 unspecified atom stereocenters. The van der Waals surface area contributed by atoms with Gasteiger partial charge in [-0.25, -0.2) is 9.18 Å².